The minimum atomic E-state index is -0.662. The maximum Gasteiger partial charge on any atom is 0.251 e. The Morgan fingerprint density at radius 2 is 1.52 bits per heavy atom. The molecule has 5 heteroatoms. The van der Waals surface area contributed by atoms with E-state index in [2.05, 4.69) is 31.4 Å². The summed E-state index contributed by atoms with van der Waals surface area (Å²) >= 11 is 5.82. The van der Waals surface area contributed by atoms with Gasteiger partial charge in [-0.1, -0.05) is 44.5 Å². The van der Waals surface area contributed by atoms with Gasteiger partial charge in [-0.25, -0.2) is 0 Å². The number of amides is 2. The van der Waals surface area contributed by atoms with E-state index in [0.717, 1.165) is 5.56 Å². The van der Waals surface area contributed by atoms with Gasteiger partial charge < -0.3 is 10.6 Å². The third-order valence-electron chi connectivity index (χ3n) is 3.87. The summed E-state index contributed by atoms with van der Waals surface area (Å²) in [6, 6.07) is 13.6. The SMILES string of the molecule is CC(NC(=O)c1ccc(C(C)(C)C)cc1)C(=O)Nc1ccc(Cl)cc1. The number of rotatable bonds is 4. The van der Waals surface area contributed by atoms with Gasteiger partial charge in [0, 0.05) is 16.3 Å². The molecule has 0 radical (unpaired) electrons. The summed E-state index contributed by atoms with van der Waals surface area (Å²) in [6.07, 6.45) is 0. The van der Waals surface area contributed by atoms with Gasteiger partial charge in [0.25, 0.3) is 5.91 Å². The van der Waals surface area contributed by atoms with E-state index in [0.29, 0.717) is 16.3 Å². The van der Waals surface area contributed by atoms with E-state index in [-0.39, 0.29) is 17.2 Å². The second kappa shape index (κ2) is 7.70. The molecule has 4 nitrogen and oxygen atoms in total. The minimum absolute atomic E-state index is 0.0285. The molecule has 0 heterocycles. The van der Waals surface area contributed by atoms with Gasteiger partial charge in [0.1, 0.15) is 6.04 Å². The van der Waals surface area contributed by atoms with E-state index in [1.165, 1.54) is 0 Å². The molecule has 2 N–H and O–H groups in total. The Morgan fingerprint density at radius 1 is 0.960 bits per heavy atom. The van der Waals surface area contributed by atoms with Crippen LogP contribution in [0.5, 0.6) is 0 Å². The van der Waals surface area contributed by atoms with Gasteiger partial charge in [-0.2, -0.15) is 0 Å². The smallest absolute Gasteiger partial charge is 0.251 e. The third kappa shape index (κ3) is 5.33. The molecule has 2 rings (SSSR count). The predicted molar refractivity (Wildman–Crippen MR) is 102 cm³/mol. The number of halogens is 1. The molecular formula is C20H23ClN2O2. The summed E-state index contributed by atoms with van der Waals surface area (Å²) in [6.45, 7) is 7.99. The van der Waals surface area contributed by atoms with Crippen LogP contribution in [0.25, 0.3) is 0 Å². The van der Waals surface area contributed by atoms with Crippen LogP contribution in [0.3, 0.4) is 0 Å². The van der Waals surface area contributed by atoms with Crippen molar-refractivity contribution in [3.8, 4) is 0 Å². The summed E-state index contributed by atoms with van der Waals surface area (Å²) < 4.78 is 0. The van der Waals surface area contributed by atoms with Gasteiger partial charge in [-0.3, -0.25) is 9.59 Å². The van der Waals surface area contributed by atoms with Crippen molar-refractivity contribution >= 4 is 29.1 Å². The molecule has 0 aromatic heterocycles. The molecule has 1 unspecified atom stereocenters. The van der Waals surface area contributed by atoms with Crippen LogP contribution in [0.2, 0.25) is 5.02 Å². The van der Waals surface area contributed by atoms with Crippen molar-refractivity contribution in [1.82, 2.24) is 5.32 Å². The predicted octanol–water partition coefficient (Wildman–Crippen LogP) is 4.39. The van der Waals surface area contributed by atoms with Gasteiger partial charge in [-0.05, 0) is 54.3 Å². The maximum atomic E-state index is 12.3. The number of nitrogens with one attached hydrogen (secondary N) is 2. The zero-order valence-electron chi connectivity index (χ0n) is 14.9. The van der Waals surface area contributed by atoms with Crippen molar-refractivity contribution < 1.29 is 9.59 Å². The molecule has 1 atom stereocenters. The summed E-state index contributed by atoms with van der Waals surface area (Å²) in [4.78, 5) is 24.5. The van der Waals surface area contributed by atoms with E-state index >= 15 is 0 Å². The highest BCUT2D eigenvalue weighted by Crippen LogP contribution is 2.22. The summed E-state index contributed by atoms with van der Waals surface area (Å²) in [5.41, 5.74) is 2.34. The minimum Gasteiger partial charge on any atom is -0.341 e. The van der Waals surface area contributed by atoms with E-state index in [1.807, 2.05) is 12.1 Å². The molecular weight excluding hydrogens is 336 g/mol. The number of benzene rings is 2. The van der Waals surface area contributed by atoms with Crippen molar-refractivity contribution in [3.63, 3.8) is 0 Å². The highest BCUT2D eigenvalue weighted by molar-refractivity contribution is 6.30. The lowest BCUT2D eigenvalue weighted by molar-refractivity contribution is -0.117. The van der Waals surface area contributed by atoms with Crippen molar-refractivity contribution in [2.45, 2.75) is 39.2 Å². The fourth-order valence-electron chi connectivity index (χ4n) is 2.25. The topological polar surface area (TPSA) is 58.2 Å². The van der Waals surface area contributed by atoms with Gasteiger partial charge in [0.2, 0.25) is 5.91 Å². The number of carbonyl (C=O) groups excluding carboxylic acids is 2. The summed E-state index contributed by atoms with van der Waals surface area (Å²) in [5.74, 6) is -0.568. The summed E-state index contributed by atoms with van der Waals surface area (Å²) in [7, 11) is 0. The largest absolute Gasteiger partial charge is 0.341 e. The molecule has 0 saturated carbocycles. The standard InChI is InChI=1S/C20H23ClN2O2/c1-13(18(24)23-17-11-9-16(21)10-12-17)22-19(25)14-5-7-15(8-6-14)20(2,3)4/h5-13H,1-4H3,(H,22,25)(H,23,24). The monoisotopic (exact) mass is 358 g/mol. The van der Waals surface area contributed by atoms with Crippen LogP contribution in [0.1, 0.15) is 43.6 Å². The molecule has 0 spiro atoms. The first-order valence-corrected chi connectivity index (χ1v) is 8.52. The lowest BCUT2D eigenvalue weighted by Gasteiger charge is -2.19. The van der Waals surface area contributed by atoms with Gasteiger partial charge in [0.05, 0.1) is 0 Å². The van der Waals surface area contributed by atoms with Crippen molar-refractivity contribution in [2.75, 3.05) is 5.32 Å². The first-order valence-electron chi connectivity index (χ1n) is 8.14. The fraction of sp³-hybridized carbons (Fsp3) is 0.300. The Bertz CT molecular complexity index is 747. The van der Waals surface area contributed by atoms with Crippen LogP contribution in [0.4, 0.5) is 5.69 Å². The Kier molecular flexibility index (Phi) is 5.85. The zero-order chi connectivity index (χ0) is 18.6. The molecule has 2 amide bonds. The molecule has 0 aliphatic carbocycles. The first kappa shape index (κ1) is 19.0. The van der Waals surface area contributed by atoms with Gasteiger partial charge >= 0.3 is 0 Å². The van der Waals surface area contributed by atoms with Crippen LogP contribution < -0.4 is 10.6 Å². The first-order chi connectivity index (χ1) is 11.7. The highest BCUT2D eigenvalue weighted by Gasteiger charge is 2.18. The Labute approximate surface area is 153 Å². The lowest BCUT2D eigenvalue weighted by Crippen LogP contribution is -2.41. The Balaban J connectivity index is 1.97. The molecule has 0 bridgehead atoms. The van der Waals surface area contributed by atoms with Gasteiger partial charge in [-0.15, -0.1) is 0 Å². The average Bonchev–Trinajstić information content (AvgIpc) is 2.56. The van der Waals surface area contributed by atoms with Crippen LogP contribution >= 0.6 is 11.6 Å². The molecule has 132 valence electrons. The average molecular weight is 359 g/mol. The molecule has 2 aromatic carbocycles. The fourth-order valence-corrected chi connectivity index (χ4v) is 2.38. The number of carbonyl (C=O) groups is 2. The molecule has 25 heavy (non-hydrogen) atoms. The quantitative estimate of drug-likeness (QED) is 0.851. The van der Waals surface area contributed by atoms with Crippen LogP contribution in [0, 0.1) is 0 Å². The normalized spacial score (nSPS) is 12.4. The molecule has 2 aromatic rings. The van der Waals surface area contributed by atoms with Crippen molar-refractivity contribution in [3.05, 3.63) is 64.7 Å². The van der Waals surface area contributed by atoms with Crippen LogP contribution in [-0.4, -0.2) is 17.9 Å². The Hall–Kier alpha value is -2.33. The summed E-state index contributed by atoms with van der Waals surface area (Å²) in [5, 5.41) is 6.05. The third-order valence-corrected chi connectivity index (χ3v) is 4.12. The molecule has 0 aliphatic rings. The number of hydrogen-bond acceptors (Lipinski definition) is 2. The molecule has 0 fully saturated rings. The molecule has 0 aliphatic heterocycles. The second-order valence-electron chi connectivity index (χ2n) is 7.02. The zero-order valence-corrected chi connectivity index (χ0v) is 15.6. The van der Waals surface area contributed by atoms with E-state index in [4.69, 9.17) is 11.6 Å². The van der Waals surface area contributed by atoms with Crippen molar-refractivity contribution in [2.24, 2.45) is 0 Å². The lowest BCUT2D eigenvalue weighted by atomic mass is 9.86. The molecule has 0 saturated heterocycles. The van der Waals surface area contributed by atoms with Gasteiger partial charge in [0.15, 0.2) is 0 Å². The second-order valence-corrected chi connectivity index (χ2v) is 7.46. The highest BCUT2D eigenvalue weighted by atomic mass is 35.5. The van der Waals surface area contributed by atoms with E-state index in [9.17, 15) is 9.59 Å². The van der Waals surface area contributed by atoms with E-state index < -0.39 is 6.04 Å². The van der Waals surface area contributed by atoms with Crippen LogP contribution in [0.15, 0.2) is 48.5 Å². The van der Waals surface area contributed by atoms with E-state index in [1.54, 1.807) is 43.3 Å². The number of hydrogen-bond donors (Lipinski definition) is 2. The van der Waals surface area contributed by atoms with Crippen molar-refractivity contribution in [1.29, 1.82) is 0 Å². The Morgan fingerprint density at radius 3 is 2.04 bits per heavy atom. The number of anilines is 1. The maximum absolute atomic E-state index is 12.3. The van der Waals surface area contributed by atoms with Crippen LogP contribution in [-0.2, 0) is 10.2 Å².